The summed E-state index contributed by atoms with van der Waals surface area (Å²) in [4.78, 5) is 4.31. The SMILES string of the molecule is CCC1CN(c2ccc(S(=O)(=O)CC)cc2)CCN1CC(F)F. The molecule has 0 bridgehead atoms. The van der Waals surface area contributed by atoms with Crippen molar-refractivity contribution < 1.29 is 17.2 Å². The van der Waals surface area contributed by atoms with E-state index in [1.807, 2.05) is 11.8 Å². The number of sulfone groups is 1. The number of rotatable bonds is 6. The number of alkyl halides is 2. The molecule has 0 aromatic heterocycles. The van der Waals surface area contributed by atoms with Gasteiger partial charge in [0.15, 0.2) is 9.84 Å². The summed E-state index contributed by atoms with van der Waals surface area (Å²) in [5.74, 6) is 0.0799. The lowest BCUT2D eigenvalue weighted by Gasteiger charge is -2.42. The summed E-state index contributed by atoms with van der Waals surface area (Å²) in [5, 5.41) is 0. The number of benzene rings is 1. The Labute approximate surface area is 137 Å². The van der Waals surface area contributed by atoms with Crippen molar-refractivity contribution in [3.05, 3.63) is 24.3 Å². The minimum Gasteiger partial charge on any atom is -0.369 e. The van der Waals surface area contributed by atoms with Crippen molar-refractivity contribution in [3.8, 4) is 0 Å². The number of hydrogen-bond acceptors (Lipinski definition) is 4. The molecule has 1 aliphatic heterocycles. The van der Waals surface area contributed by atoms with Crippen molar-refractivity contribution in [3.63, 3.8) is 0 Å². The monoisotopic (exact) mass is 346 g/mol. The molecule has 0 spiro atoms. The zero-order chi connectivity index (χ0) is 17.0. The highest BCUT2D eigenvalue weighted by atomic mass is 32.2. The molecule has 1 atom stereocenters. The van der Waals surface area contributed by atoms with Gasteiger partial charge in [-0.25, -0.2) is 17.2 Å². The first-order valence-electron chi connectivity index (χ1n) is 7.97. The maximum Gasteiger partial charge on any atom is 0.251 e. The highest BCUT2D eigenvalue weighted by molar-refractivity contribution is 7.91. The summed E-state index contributed by atoms with van der Waals surface area (Å²) in [5.41, 5.74) is 0.940. The Hall–Kier alpha value is -1.21. The van der Waals surface area contributed by atoms with Gasteiger partial charge in [0.25, 0.3) is 6.43 Å². The van der Waals surface area contributed by atoms with Crippen LogP contribution >= 0.6 is 0 Å². The molecule has 1 aromatic rings. The fourth-order valence-corrected chi connectivity index (χ4v) is 3.85. The van der Waals surface area contributed by atoms with Crippen LogP contribution in [-0.4, -0.2) is 57.7 Å². The average Bonchev–Trinajstić information content (AvgIpc) is 2.55. The highest BCUT2D eigenvalue weighted by Gasteiger charge is 2.27. The predicted octanol–water partition coefficient (Wildman–Crippen LogP) is 2.65. The average molecular weight is 346 g/mol. The van der Waals surface area contributed by atoms with Gasteiger partial charge in [-0.15, -0.1) is 0 Å². The van der Waals surface area contributed by atoms with E-state index >= 15 is 0 Å². The summed E-state index contributed by atoms with van der Waals surface area (Å²) in [7, 11) is -3.19. The Morgan fingerprint density at radius 3 is 2.35 bits per heavy atom. The van der Waals surface area contributed by atoms with Crippen LogP contribution in [0.25, 0.3) is 0 Å². The Balaban J connectivity index is 2.09. The molecule has 1 saturated heterocycles. The van der Waals surface area contributed by atoms with Gasteiger partial charge in [0.05, 0.1) is 17.2 Å². The van der Waals surface area contributed by atoms with Gasteiger partial charge in [-0.05, 0) is 30.7 Å². The second kappa shape index (κ2) is 7.57. The summed E-state index contributed by atoms with van der Waals surface area (Å²) < 4.78 is 48.9. The third-order valence-electron chi connectivity index (χ3n) is 4.39. The van der Waals surface area contributed by atoms with Gasteiger partial charge in [0, 0.05) is 31.4 Å². The molecule has 4 nitrogen and oxygen atoms in total. The Bertz CT molecular complexity index is 605. The minimum atomic E-state index is -3.19. The zero-order valence-corrected chi connectivity index (χ0v) is 14.4. The molecule has 0 amide bonds. The van der Waals surface area contributed by atoms with E-state index in [-0.39, 0.29) is 18.3 Å². The lowest BCUT2D eigenvalue weighted by atomic mass is 10.1. The maximum atomic E-state index is 12.6. The molecular formula is C16H24F2N2O2S. The fourth-order valence-electron chi connectivity index (χ4n) is 2.96. The standard InChI is InChI=1S/C16H24F2N2O2S/c1-3-13-11-19(9-10-20(13)12-16(17)18)14-5-7-15(8-6-14)23(21,22)4-2/h5-8,13,16H,3-4,9-12H2,1-2H3. The van der Waals surface area contributed by atoms with Crippen molar-refractivity contribution in [2.24, 2.45) is 0 Å². The van der Waals surface area contributed by atoms with Gasteiger partial charge in [-0.3, -0.25) is 4.90 Å². The topological polar surface area (TPSA) is 40.6 Å². The molecule has 7 heteroatoms. The molecule has 0 aliphatic carbocycles. The van der Waals surface area contributed by atoms with E-state index in [1.54, 1.807) is 31.2 Å². The molecule has 1 heterocycles. The smallest absolute Gasteiger partial charge is 0.251 e. The van der Waals surface area contributed by atoms with Crippen molar-refractivity contribution in [2.75, 3.05) is 36.8 Å². The summed E-state index contributed by atoms with van der Waals surface area (Å²) in [6, 6.07) is 6.95. The molecule has 2 rings (SSSR count). The second-order valence-corrected chi connectivity index (χ2v) is 8.07. The van der Waals surface area contributed by atoms with Gasteiger partial charge < -0.3 is 4.90 Å². The Morgan fingerprint density at radius 1 is 1.17 bits per heavy atom. The first-order valence-corrected chi connectivity index (χ1v) is 9.62. The number of anilines is 1. The first kappa shape index (κ1) is 18.1. The summed E-state index contributed by atoms with van der Waals surface area (Å²) >= 11 is 0. The van der Waals surface area contributed by atoms with E-state index in [2.05, 4.69) is 4.90 Å². The van der Waals surface area contributed by atoms with Crippen LogP contribution in [0.1, 0.15) is 20.3 Å². The minimum absolute atomic E-state index is 0.0799. The summed E-state index contributed by atoms with van der Waals surface area (Å²) in [6.45, 7) is 5.39. The first-order chi connectivity index (χ1) is 10.9. The zero-order valence-electron chi connectivity index (χ0n) is 13.6. The van der Waals surface area contributed by atoms with E-state index in [0.717, 1.165) is 12.1 Å². The molecule has 1 aromatic carbocycles. The quantitative estimate of drug-likeness (QED) is 0.794. The molecule has 1 fully saturated rings. The molecule has 23 heavy (non-hydrogen) atoms. The van der Waals surface area contributed by atoms with Crippen LogP contribution in [0.15, 0.2) is 29.2 Å². The lowest BCUT2D eigenvalue weighted by molar-refractivity contribution is 0.0588. The number of halogens is 2. The molecule has 0 N–H and O–H groups in total. The molecule has 130 valence electrons. The van der Waals surface area contributed by atoms with E-state index in [0.29, 0.717) is 24.5 Å². The van der Waals surface area contributed by atoms with E-state index in [4.69, 9.17) is 0 Å². The normalized spacial score (nSPS) is 20.2. The van der Waals surface area contributed by atoms with Crippen molar-refractivity contribution in [1.82, 2.24) is 4.90 Å². The largest absolute Gasteiger partial charge is 0.369 e. The van der Waals surface area contributed by atoms with Crippen LogP contribution < -0.4 is 4.90 Å². The number of nitrogens with zero attached hydrogens (tertiary/aromatic N) is 2. The molecule has 0 saturated carbocycles. The van der Waals surface area contributed by atoms with Crippen molar-refractivity contribution in [2.45, 2.75) is 37.6 Å². The van der Waals surface area contributed by atoms with Crippen LogP contribution in [0, 0.1) is 0 Å². The van der Waals surface area contributed by atoms with Crippen LogP contribution in [0.3, 0.4) is 0 Å². The molecule has 1 aliphatic rings. The van der Waals surface area contributed by atoms with E-state index in [9.17, 15) is 17.2 Å². The van der Waals surface area contributed by atoms with Crippen LogP contribution in [-0.2, 0) is 9.84 Å². The maximum absolute atomic E-state index is 12.6. The fraction of sp³-hybridized carbons (Fsp3) is 0.625. The van der Waals surface area contributed by atoms with E-state index in [1.165, 1.54) is 0 Å². The molecular weight excluding hydrogens is 322 g/mol. The molecule has 0 radical (unpaired) electrons. The third-order valence-corrected chi connectivity index (χ3v) is 6.14. The third kappa shape index (κ3) is 4.41. The van der Waals surface area contributed by atoms with Gasteiger partial charge in [-0.2, -0.15) is 0 Å². The predicted molar refractivity (Wildman–Crippen MR) is 88.0 cm³/mol. The second-order valence-electron chi connectivity index (χ2n) is 5.79. The van der Waals surface area contributed by atoms with Crippen molar-refractivity contribution in [1.29, 1.82) is 0 Å². The van der Waals surface area contributed by atoms with E-state index < -0.39 is 16.3 Å². The van der Waals surface area contributed by atoms with Gasteiger partial charge in [0.2, 0.25) is 0 Å². The number of hydrogen-bond donors (Lipinski definition) is 0. The Morgan fingerprint density at radius 2 is 1.83 bits per heavy atom. The number of piperazine rings is 1. The van der Waals surface area contributed by atoms with Gasteiger partial charge in [0.1, 0.15) is 0 Å². The van der Waals surface area contributed by atoms with Gasteiger partial charge in [-0.1, -0.05) is 13.8 Å². The van der Waals surface area contributed by atoms with Crippen LogP contribution in [0.5, 0.6) is 0 Å². The Kier molecular flexibility index (Phi) is 5.97. The lowest BCUT2D eigenvalue weighted by Crippen LogP contribution is -2.54. The van der Waals surface area contributed by atoms with Crippen LogP contribution in [0.4, 0.5) is 14.5 Å². The van der Waals surface area contributed by atoms with Crippen molar-refractivity contribution >= 4 is 15.5 Å². The van der Waals surface area contributed by atoms with Crippen LogP contribution in [0.2, 0.25) is 0 Å². The highest BCUT2D eigenvalue weighted by Crippen LogP contribution is 2.23. The summed E-state index contributed by atoms with van der Waals surface area (Å²) in [6.07, 6.45) is -1.50. The molecule has 1 unspecified atom stereocenters. The van der Waals surface area contributed by atoms with Gasteiger partial charge >= 0.3 is 0 Å².